The van der Waals surface area contributed by atoms with Gasteiger partial charge in [0.05, 0.1) is 11.3 Å². The highest BCUT2D eigenvalue weighted by atomic mass is 32.1. The van der Waals surface area contributed by atoms with Crippen LogP contribution in [0.2, 0.25) is 0 Å². The van der Waals surface area contributed by atoms with E-state index in [1.54, 1.807) is 35.9 Å². The van der Waals surface area contributed by atoms with Crippen LogP contribution in [0, 0.1) is 25.5 Å². The van der Waals surface area contributed by atoms with Crippen molar-refractivity contribution < 1.29 is 18.3 Å². The normalized spacial score (nSPS) is 11.0. The van der Waals surface area contributed by atoms with Gasteiger partial charge < -0.3 is 4.74 Å². The third kappa shape index (κ3) is 3.68. The number of pyridine rings is 1. The fourth-order valence-electron chi connectivity index (χ4n) is 2.93. The Kier molecular flexibility index (Phi) is 4.98. The number of rotatable bonds is 5. The van der Waals surface area contributed by atoms with Gasteiger partial charge in [-0.2, -0.15) is 0 Å². The molecular weight excluding hydrogens is 398 g/mol. The van der Waals surface area contributed by atoms with Crippen molar-refractivity contribution in [2.75, 3.05) is 5.32 Å². The number of ether oxygens (including phenoxy) is 1. The van der Waals surface area contributed by atoms with E-state index < -0.39 is 11.6 Å². The van der Waals surface area contributed by atoms with Gasteiger partial charge in [0.1, 0.15) is 23.9 Å². The zero-order chi connectivity index (χ0) is 20.5. The Hall–Kier alpha value is -3.33. The first-order valence-electron chi connectivity index (χ1n) is 8.71. The number of aryl methyl sites for hydroxylation is 2. The predicted octanol–water partition coefficient (Wildman–Crippen LogP) is 4.52. The average molecular weight is 414 g/mol. The fourth-order valence-corrected chi connectivity index (χ4v) is 3.59. The molecule has 148 valence electrons. The van der Waals surface area contributed by atoms with Gasteiger partial charge in [0.25, 0.3) is 5.91 Å². The quantitative estimate of drug-likeness (QED) is 0.522. The summed E-state index contributed by atoms with van der Waals surface area (Å²) >= 11 is 1.37. The number of halogens is 2. The van der Waals surface area contributed by atoms with Gasteiger partial charge in [-0.3, -0.25) is 14.5 Å². The summed E-state index contributed by atoms with van der Waals surface area (Å²) in [7, 11) is 0. The summed E-state index contributed by atoms with van der Waals surface area (Å²) in [6.07, 6.45) is 3.35. The Bertz CT molecular complexity index is 1200. The third-order valence-corrected chi connectivity index (χ3v) is 5.11. The van der Waals surface area contributed by atoms with Crippen LogP contribution < -0.4 is 10.1 Å². The number of benzene rings is 1. The number of carbonyl (C=O) groups is 1. The Morgan fingerprint density at radius 3 is 2.66 bits per heavy atom. The third-order valence-electron chi connectivity index (χ3n) is 4.28. The summed E-state index contributed by atoms with van der Waals surface area (Å²) in [6.45, 7) is 3.30. The molecule has 0 unspecified atom stereocenters. The minimum absolute atomic E-state index is 0.171. The zero-order valence-electron chi connectivity index (χ0n) is 15.6. The number of nitrogens with one attached hydrogen (secondary N) is 1. The molecular formula is C20H16F2N4O2S. The summed E-state index contributed by atoms with van der Waals surface area (Å²) in [6, 6.07) is 6.94. The molecule has 9 heteroatoms. The molecule has 6 nitrogen and oxygen atoms in total. The summed E-state index contributed by atoms with van der Waals surface area (Å²) in [4.78, 5) is 22.3. The number of thiazole rings is 1. The highest BCUT2D eigenvalue weighted by Crippen LogP contribution is 2.25. The Morgan fingerprint density at radius 1 is 1.21 bits per heavy atom. The standard InChI is InChI=1S/C20H16F2N4O2S/c1-11-9-23-20(29-11)25-19(27)17-12(2)24-18-16(7-4-8-26(17)18)28-10-13-14(21)5-3-6-15(13)22/h3-9H,10H2,1-2H3,(H,23,25,27). The monoisotopic (exact) mass is 414 g/mol. The van der Waals surface area contributed by atoms with Crippen molar-refractivity contribution in [1.29, 1.82) is 0 Å². The number of carbonyl (C=O) groups excluding carboxylic acids is 1. The van der Waals surface area contributed by atoms with Gasteiger partial charge in [0, 0.05) is 17.3 Å². The molecule has 3 aromatic heterocycles. The van der Waals surface area contributed by atoms with Crippen molar-refractivity contribution in [3.8, 4) is 5.75 Å². The molecule has 0 bridgehead atoms. The lowest BCUT2D eigenvalue weighted by molar-refractivity contribution is 0.102. The molecule has 1 amide bonds. The summed E-state index contributed by atoms with van der Waals surface area (Å²) in [5, 5.41) is 3.25. The second-order valence-corrected chi connectivity index (χ2v) is 7.57. The van der Waals surface area contributed by atoms with E-state index in [4.69, 9.17) is 4.74 Å². The van der Waals surface area contributed by atoms with Gasteiger partial charge in [-0.05, 0) is 38.1 Å². The Morgan fingerprint density at radius 2 is 1.97 bits per heavy atom. The van der Waals surface area contributed by atoms with Crippen molar-refractivity contribution in [2.24, 2.45) is 0 Å². The summed E-state index contributed by atoms with van der Waals surface area (Å²) < 4.78 is 34.9. The minimum atomic E-state index is -0.685. The molecule has 1 aromatic carbocycles. The van der Waals surface area contributed by atoms with Crippen LogP contribution in [0.15, 0.2) is 42.7 Å². The predicted molar refractivity (Wildman–Crippen MR) is 105 cm³/mol. The number of anilines is 1. The SMILES string of the molecule is Cc1cnc(NC(=O)c2c(C)nc3c(OCc4c(F)cccc4F)cccn23)s1. The van der Waals surface area contributed by atoms with Crippen molar-refractivity contribution in [3.05, 3.63) is 76.2 Å². The van der Waals surface area contributed by atoms with Gasteiger partial charge in [-0.25, -0.2) is 18.7 Å². The average Bonchev–Trinajstić information content (AvgIpc) is 3.23. The van der Waals surface area contributed by atoms with E-state index in [1.165, 1.54) is 29.5 Å². The number of amides is 1. The highest BCUT2D eigenvalue weighted by Gasteiger charge is 2.20. The molecule has 0 saturated heterocycles. The summed E-state index contributed by atoms with van der Waals surface area (Å²) in [5.41, 5.74) is 1.02. The molecule has 0 atom stereocenters. The number of fused-ring (bicyclic) bond motifs is 1. The Balaban J connectivity index is 1.64. The lowest BCUT2D eigenvalue weighted by atomic mass is 10.2. The number of nitrogens with zero attached hydrogens (tertiary/aromatic N) is 3. The first-order valence-corrected chi connectivity index (χ1v) is 9.53. The lowest BCUT2D eigenvalue weighted by Gasteiger charge is -2.09. The van der Waals surface area contributed by atoms with Crippen LogP contribution in [0.25, 0.3) is 5.65 Å². The van der Waals surface area contributed by atoms with Crippen LogP contribution in [-0.4, -0.2) is 20.3 Å². The van der Waals surface area contributed by atoms with Crippen molar-refractivity contribution in [1.82, 2.24) is 14.4 Å². The van der Waals surface area contributed by atoms with Crippen molar-refractivity contribution in [2.45, 2.75) is 20.5 Å². The van der Waals surface area contributed by atoms with Crippen LogP contribution in [0.5, 0.6) is 5.75 Å². The van der Waals surface area contributed by atoms with E-state index in [0.29, 0.717) is 27.9 Å². The smallest absolute Gasteiger partial charge is 0.276 e. The zero-order valence-corrected chi connectivity index (χ0v) is 16.4. The van der Waals surface area contributed by atoms with Crippen molar-refractivity contribution in [3.63, 3.8) is 0 Å². The van der Waals surface area contributed by atoms with E-state index in [2.05, 4.69) is 15.3 Å². The second-order valence-electron chi connectivity index (χ2n) is 6.33. The van der Waals surface area contributed by atoms with Gasteiger partial charge >= 0.3 is 0 Å². The van der Waals surface area contributed by atoms with Crippen LogP contribution in [-0.2, 0) is 6.61 Å². The van der Waals surface area contributed by atoms with Gasteiger partial charge in [-0.15, -0.1) is 11.3 Å². The van der Waals surface area contributed by atoms with E-state index in [9.17, 15) is 13.6 Å². The van der Waals surface area contributed by atoms with E-state index >= 15 is 0 Å². The topological polar surface area (TPSA) is 68.5 Å². The Labute approximate surface area is 168 Å². The maximum absolute atomic E-state index is 13.9. The van der Waals surface area contributed by atoms with Crippen LogP contribution in [0.1, 0.15) is 26.6 Å². The molecule has 1 N–H and O–H groups in total. The molecule has 29 heavy (non-hydrogen) atoms. The lowest BCUT2D eigenvalue weighted by Crippen LogP contribution is -2.15. The number of hydrogen-bond acceptors (Lipinski definition) is 5. The fraction of sp³-hybridized carbons (Fsp3) is 0.150. The molecule has 0 aliphatic carbocycles. The number of imidazole rings is 1. The van der Waals surface area contributed by atoms with E-state index in [1.807, 2.05) is 6.92 Å². The van der Waals surface area contributed by atoms with E-state index in [-0.39, 0.29) is 18.1 Å². The second kappa shape index (κ2) is 7.59. The molecule has 0 radical (unpaired) electrons. The molecule has 4 rings (SSSR count). The van der Waals surface area contributed by atoms with Gasteiger partial charge in [0.15, 0.2) is 16.5 Å². The van der Waals surface area contributed by atoms with Crippen LogP contribution in [0.4, 0.5) is 13.9 Å². The van der Waals surface area contributed by atoms with Gasteiger partial charge in [-0.1, -0.05) is 6.07 Å². The number of aromatic nitrogens is 3. The number of hydrogen-bond donors (Lipinski definition) is 1. The van der Waals surface area contributed by atoms with Crippen LogP contribution >= 0.6 is 11.3 Å². The highest BCUT2D eigenvalue weighted by molar-refractivity contribution is 7.15. The molecule has 0 spiro atoms. The molecule has 0 aliphatic rings. The minimum Gasteiger partial charge on any atom is -0.485 e. The molecule has 0 aliphatic heterocycles. The van der Waals surface area contributed by atoms with Crippen LogP contribution in [0.3, 0.4) is 0 Å². The largest absolute Gasteiger partial charge is 0.485 e. The molecule has 4 aromatic rings. The maximum atomic E-state index is 13.9. The first-order chi connectivity index (χ1) is 13.9. The van der Waals surface area contributed by atoms with E-state index in [0.717, 1.165) is 4.88 Å². The van der Waals surface area contributed by atoms with Crippen molar-refractivity contribution >= 4 is 28.0 Å². The molecule has 0 fully saturated rings. The summed E-state index contributed by atoms with van der Waals surface area (Å²) in [5.74, 6) is -1.42. The molecule has 3 heterocycles. The molecule has 0 saturated carbocycles. The van der Waals surface area contributed by atoms with Gasteiger partial charge in [0.2, 0.25) is 0 Å². The first kappa shape index (κ1) is 19.0. The maximum Gasteiger partial charge on any atom is 0.276 e.